The summed E-state index contributed by atoms with van der Waals surface area (Å²) >= 11 is 0. The molecule has 1 aliphatic heterocycles. The van der Waals surface area contributed by atoms with Crippen molar-refractivity contribution in [2.45, 2.75) is 32.2 Å². The van der Waals surface area contributed by atoms with E-state index in [9.17, 15) is 4.79 Å². The first kappa shape index (κ1) is 19.3. The van der Waals surface area contributed by atoms with Gasteiger partial charge in [-0.3, -0.25) is 9.79 Å². The van der Waals surface area contributed by atoms with E-state index in [1.807, 2.05) is 12.1 Å². The fraction of sp³-hybridized carbons (Fsp3) is 0.667. The van der Waals surface area contributed by atoms with E-state index < -0.39 is 0 Å². The van der Waals surface area contributed by atoms with E-state index in [2.05, 4.69) is 37.5 Å². The molecule has 0 saturated carbocycles. The lowest BCUT2D eigenvalue weighted by atomic mass is 9.96. The Bertz CT molecular complexity index is 520. The molecule has 0 unspecified atom stereocenters. The van der Waals surface area contributed by atoms with Crippen LogP contribution in [0.4, 0.5) is 0 Å². The third-order valence-electron chi connectivity index (χ3n) is 4.74. The van der Waals surface area contributed by atoms with Crippen molar-refractivity contribution in [1.29, 1.82) is 0 Å². The maximum atomic E-state index is 11.2. The van der Waals surface area contributed by atoms with Crippen molar-refractivity contribution >= 4 is 11.9 Å². The third-order valence-corrected chi connectivity index (χ3v) is 4.74. The Labute approximate surface area is 150 Å². The van der Waals surface area contributed by atoms with Crippen LogP contribution >= 0.6 is 0 Å². The van der Waals surface area contributed by atoms with Crippen LogP contribution in [0.3, 0.4) is 0 Å². The van der Waals surface area contributed by atoms with Gasteiger partial charge in [-0.25, -0.2) is 0 Å². The third kappa shape index (κ3) is 7.17. The van der Waals surface area contributed by atoms with Crippen molar-refractivity contribution in [2.24, 2.45) is 16.6 Å². The number of carbonyl (C=O) groups is 1. The number of unbranched alkanes of at least 4 members (excludes halogenated alkanes) is 1. The fourth-order valence-corrected chi connectivity index (χ4v) is 3.15. The lowest BCUT2D eigenvalue weighted by Crippen LogP contribution is -2.40. The molecule has 25 heavy (non-hydrogen) atoms. The second-order valence-electron chi connectivity index (χ2n) is 6.57. The highest BCUT2D eigenvalue weighted by Crippen LogP contribution is 2.16. The van der Waals surface area contributed by atoms with E-state index in [4.69, 9.17) is 5.73 Å². The number of aromatic nitrogens is 1. The predicted molar refractivity (Wildman–Crippen MR) is 101 cm³/mol. The number of hydrogen-bond acceptors (Lipinski definition) is 3. The first-order valence-electron chi connectivity index (χ1n) is 9.26. The first-order chi connectivity index (χ1) is 12.2. The van der Waals surface area contributed by atoms with Gasteiger partial charge in [0.1, 0.15) is 0 Å². The molecule has 4 N–H and O–H groups in total. The quantitative estimate of drug-likeness (QED) is 0.347. The van der Waals surface area contributed by atoms with Crippen LogP contribution in [-0.4, -0.2) is 61.1 Å². The molecule has 1 aliphatic rings. The number of piperidine rings is 1. The molecule has 7 heteroatoms. The molecule has 7 nitrogen and oxygen atoms in total. The summed E-state index contributed by atoms with van der Waals surface area (Å²) < 4.78 is 2.14. The lowest BCUT2D eigenvalue weighted by Gasteiger charge is -2.30. The molecule has 1 aromatic rings. The minimum absolute atomic E-state index is 0.0823. The summed E-state index contributed by atoms with van der Waals surface area (Å²) in [5.41, 5.74) is 5.37. The van der Waals surface area contributed by atoms with Gasteiger partial charge < -0.3 is 25.8 Å². The Kier molecular flexibility index (Phi) is 8.31. The van der Waals surface area contributed by atoms with Crippen LogP contribution in [-0.2, 0) is 11.3 Å². The first-order valence-corrected chi connectivity index (χ1v) is 9.26. The zero-order valence-electron chi connectivity index (χ0n) is 15.3. The standard InChI is InChI=1S/C18H32N6O/c1-20-18(22-9-15-23-11-4-5-12-23)21-8-2-3-10-24-13-6-16(7-14-24)17(19)25/h4-5,11-12,16H,2-3,6-10,13-15H2,1H3,(H2,19,25)(H2,20,21,22). The van der Waals surface area contributed by atoms with Crippen LogP contribution in [0.2, 0.25) is 0 Å². The van der Waals surface area contributed by atoms with Crippen LogP contribution in [0.1, 0.15) is 25.7 Å². The Morgan fingerprint density at radius 1 is 1.12 bits per heavy atom. The van der Waals surface area contributed by atoms with Crippen LogP contribution in [0, 0.1) is 5.92 Å². The summed E-state index contributed by atoms with van der Waals surface area (Å²) in [5.74, 6) is 0.799. The number of likely N-dealkylation sites (tertiary alicyclic amines) is 1. The molecule has 0 aromatic carbocycles. The summed E-state index contributed by atoms with van der Waals surface area (Å²) in [6.07, 6.45) is 8.19. The SMILES string of the molecule is CN=C(NCCCCN1CCC(C(N)=O)CC1)NCCn1cccc1. The zero-order chi connectivity index (χ0) is 17.9. The van der Waals surface area contributed by atoms with Crippen LogP contribution in [0.15, 0.2) is 29.5 Å². The maximum absolute atomic E-state index is 11.2. The van der Waals surface area contributed by atoms with E-state index in [0.717, 1.165) is 70.9 Å². The van der Waals surface area contributed by atoms with Gasteiger partial charge in [0.15, 0.2) is 5.96 Å². The normalized spacial score (nSPS) is 16.8. The molecule has 0 aliphatic carbocycles. The zero-order valence-corrected chi connectivity index (χ0v) is 15.3. The molecule has 0 spiro atoms. The number of nitrogens with one attached hydrogen (secondary N) is 2. The Morgan fingerprint density at radius 3 is 2.44 bits per heavy atom. The predicted octanol–water partition coefficient (Wildman–Crippen LogP) is 0.631. The van der Waals surface area contributed by atoms with Gasteiger partial charge >= 0.3 is 0 Å². The monoisotopic (exact) mass is 348 g/mol. The summed E-state index contributed by atoms with van der Waals surface area (Å²) in [4.78, 5) is 17.9. The summed E-state index contributed by atoms with van der Waals surface area (Å²) in [6.45, 7) is 5.76. The second kappa shape index (κ2) is 10.8. The average Bonchev–Trinajstić information content (AvgIpc) is 3.13. The van der Waals surface area contributed by atoms with Crippen molar-refractivity contribution in [3.8, 4) is 0 Å². The lowest BCUT2D eigenvalue weighted by molar-refractivity contribution is -0.123. The molecule has 0 atom stereocenters. The van der Waals surface area contributed by atoms with Gasteiger partial charge in [-0.15, -0.1) is 0 Å². The number of amides is 1. The molecular weight excluding hydrogens is 316 g/mol. The Balaban J connectivity index is 1.49. The summed E-state index contributed by atoms with van der Waals surface area (Å²) in [5, 5.41) is 6.69. The molecule has 140 valence electrons. The number of rotatable bonds is 9. The highest BCUT2D eigenvalue weighted by Gasteiger charge is 2.22. The molecule has 1 saturated heterocycles. The summed E-state index contributed by atoms with van der Waals surface area (Å²) in [7, 11) is 1.80. The van der Waals surface area contributed by atoms with Gasteiger partial charge in [-0.2, -0.15) is 0 Å². The number of nitrogens with two attached hydrogens (primary N) is 1. The van der Waals surface area contributed by atoms with E-state index >= 15 is 0 Å². The Hall–Kier alpha value is -2.02. The summed E-state index contributed by atoms with van der Waals surface area (Å²) in [6, 6.07) is 4.06. The van der Waals surface area contributed by atoms with Crippen molar-refractivity contribution < 1.29 is 4.79 Å². The molecule has 1 aromatic heterocycles. The molecule has 2 heterocycles. The maximum Gasteiger partial charge on any atom is 0.220 e. The fourth-order valence-electron chi connectivity index (χ4n) is 3.15. The molecular formula is C18H32N6O. The van der Waals surface area contributed by atoms with Crippen molar-refractivity contribution in [3.63, 3.8) is 0 Å². The van der Waals surface area contributed by atoms with Gasteiger partial charge in [0.05, 0.1) is 0 Å². The smallest absolute Gasteiger partial charge is 0.220 e. The van der Waals surface area contributed by atoms with E-state index in [-0.39, 0.29) is 11.8 Å². The van der Waals surface area contributed by atoms with E-state index in [0.29, 0.717) is 0 Å². The second-order valence-corrected chi connectivity index (χ2v) is 6.57. The van der Waals surface area contributed by atoms with Crippen LogP contribution < -0.4 is 16.4 Å². The number of aliphatic imine (C=N–C) groups is 1. The number of primary amides is 1. The number of hydrogen-bond donors (Lipinski definition) is 3. The van der Waals surface area contributed by atoms with Crippen molar-refractivity contribution in [2.75, 3.05) is 39.8 Å². The van der Waals surface area contributed by atoms with Crippen LogP contribution in [0.5, 0.6) is 0 Å². The minimum atomic E-state index is -0.139. The van der Waals surface area contributed by atoms with Gasteiger partial charge in [0, 0.05) is 45.0 Å². The van der Waals surface area contributed by atoms with Gasteiger partial charge in [-0.05, 0) is 57.5 Å². The van der Waals surface area contributed by atoms with E-state index in [1.54, 1.807) is 7.05 Å². The highest BCUT2D eigenvalue weighted by atomic mass is 16.1. The Morgan fingerprint density at radius 2 is 1.80 bits per heavy atom. The van der Waals surface area contributed by atoms with Gasteiger partial charge in [0.25, 0.3) is 0 Å². The molecule has 0 radical (unpaired) electrons. The minimum Gasteiger partial charge on any atom is -0.369 e. The largest absolute Gasteiger partial charge is 0.369 e. The van der Waals surface area contributed by atoms with Crippen molar-refractivity contribution in [1.82, 2.24) is 20.1 Å². The molecule has 1 fully saturated rings. The van der Waals surface area contributed by atoms with Crippen molar-refractivity contribution in [3.05, 3.63) is 24.5 Å². The van der Waals surface area contributed by atoms with Crippen LogP contribution in [0.25, 0.3) is 0 Å². The number of guanidine groups is 1. The highest BCUT2D eigenvalue weighted by molar-refractivity contribution is 5.79. The van der Waals surface area contributed by atoms with Gasteiger partial charge in [0.2, 0.25) is 5.91 Å². The van der Waals surface area contributed by atoms with Gasteiger partial charge in [-0.1, -0.05) is 0 Å². The molecule has 2 rings (SSSR count). The molecule has 1 amide bonds. The number of carbonyl (C=O) groups excluding carboxylic acids is 1. The average molecular weight is 348 g/mol. The van der Waals surface area contributed by atoms with E-state index in [1.165, 1.54) is 0 Å². The molecule has 0 bridgehead atoms. The number of nitrogens with zero attached hydrogens (tertiary/aromatic N) is 3. The topological polar surface area (TPSA) is 87.7 Å².